The highest BCUT2D eigenvalue weighted by Gasteiger charge is 1.80. The van der Waals surface area contributed by atoms with Gasteiger partial charge in [-0.2, -0.15) is 0 Å². The molecule has 0 saturated carbocycles. The topological polar surface area (TPSA) is 12.9 Å². The first-order valence-electron chi connectivity index (χ1n) is 4.17. The maximum atomic E-state index is 4.16. The quantitative estimate of drug-likeness (QED) is 0.618. The van der Waals surface area contributed by atoms with Crippen molar-refractivity contribution < 1.29 is 0 Å². The minimum Gasteiger partial charge on any atom is -0.257 e. The lowest BCUT2D eigenvalue weighted by molar-refractivity contribution is 1.22. The van der Waals surface area contributed by atoms with Crippen LogP contribution in [0.1, 0.15) is 19.0 Å². The summed E-state index contributed by atoms with van der Waals surface area (Å²) in [4.78, 5) is 4.16. The van der Waals surface area contributed by atoms with Gasteiger partial charge in [-0.3, -0.25) is 4.98 Å². The van der Waals surface area contributed by atoms with E-state index in [1.165, 1.54) is 0 Å². The molecule has 1 rings (SSSR count). The minimum absolute atomic E-state index is 0.998. The molecule has 0 aliphatic carbocycles. The van der Waals surface area contributed by atoms with E-state index in [9.17, 15) is 0 Å². The minimum atomic E-state index is 0.998. The molecule has 1 heterocycles. The first-order valence-corrected chi connectivity index (χ1v) is 4.17. The number of pyridine rings is 1. The van der Waals surface area contributed by atoms with Gasteiger partial charge in [-0.1, -0.05) is 31.2 Å². The Morgan fingerprint density at radius 1 is 1.33 bits per heavy atom. The van der Waals surface area contributed by atoms with Gasteiger partial charge in [-0.15, -0.1) is 0 Å². The third-order valence-corrected chi connectivity index (χ3v) is 1.44. The average Bonchev–Trinajstić information content (AvgIpc) is 2.14. The van der Waals surface area contributed by atoms with Crippen molar-refractivity contribution >= 4 is 6.08 Å². The molecule has 0 bridgehead atoms. The summed E-state index contributed by atoms with van der Waals surface area (Å²) in [6.45, 7) is 2.12. The fraction of sp³-hybridized carbons (Fsp3) is 0.182. The summed E-state index contributed by atoms with van der Waals surface area (Å²) < 4.78 is 0. The Morgan fingerprint density at radius 2 is 2.25 bits per heavy atom. The van der Waals surface area contributed by atoms with Crippen molar-refractivity contribution in [1.82, 2.24) is 4.98 Å². The molecule has 1 nitrogen and oxygen atoms in total. The van der Waals surface area contributed by atoms with E-state index in [-0.39, 0.29) is 0 Å². The van der Waals surface area contributed by atoms with Crippen LogP contribution in [0, 0.1) is 0 Å². The summed E-state index contributed by atoms with van der Waals surface area (Å²) in [5.74, 6) is 0. The summed E-state index contributed by atoms with van der Waals surface area (Å²) in [6, 6.07) is 5.88. The molecule has 0 saturated heterocycles. The highest BCUT2D eigenvalue weighted by molar-refractivity contribution is 5.46. The van der Waals surface area contributed by atoms with Crippen molar-refractivity contribution in [3.05, 3.63) is 48.3 Å². The van der Waals surface area contributed by atoms with E-state index < -0.39 is 0 Å². The number of allylic oxidation sites excluding steroid dienone is 3. The zero-order valence-corrected chi connectivity index (χ0v) is 7.27. The summed E-state index contributed by atoms with van der Waals surface area (Å²) in [5.41, 5.74) is 0.998. The van der Waals surface area contributed by atoms with Gasteiger partial charge in [0.15, 0.2) is 0 Å². The van der Waals surface area contributed by atoms with Crippen LogP contribution in [0.4, 0.5) is 0 Å². The summed E-state index contributed by atoms with van der Waals surface area (Å²) in [5, 5.41) is 0. The van der Waals surface area contributed by atoms with E-state index in [4.69, 9.17) is 0 Å². The predicted octanol–water partition coefficient (Wildman–Crippen LogP) is 3.06. The van der Waals surface area contributed by atoms with E-state index in [0.29, 0.717) is 0 Å². The zero-order chi connectivity index (χ0) is 8.65. The van der Waals surface area contributed by atoms with Gasteiger partial charge >= 0.3 is 0 Å². The second-order valence-electron chi connectivity index (χ2n) is 2.45. The Bertz CT molecular complexity index is 260. The van der Waals surface area contributed by atoms with Gasteiger partial charge in [0.25, 0.3) is 0 Å². The maximum absolute atomic E-state index is 4.16. The van der Waals surface area contributed by atoms with Crippen molar-refractivity contribution in [2.24, 2.45) is 0 Å². The van der Waals surface area contributed by atoms with Gasteiger partial charge in [0.2, 0.25) is 0 Å². The monoisotopic (exact) mass is 159 g/mol. The van der Waals surface area contributed by atoms with E-state index in [0.717, 1.165) is 12.1 Å². The third kappa shape index (κ3) is 3.15. The molecule has 12 heavy (non-hydrogen) atoms. The van der Waals surface area contributed by atoms with Crippen LogP contribution in [-0.4, -0.2) is 4.98 Å². The summed E-state index contributed by atoms with van der Waals surface area (Å²) >= 11 is 0. The SMILES string of the molecule is CC/C=C\C=C/c1ccccn1. The number of hydrogen-bond donors (Lipinski definition) is 0. The molecule has 0 aliphatic rings. The normalized spacial score (nSPS) is 11.4. The highest BCUT2D eigenvalue weighted by atomic mass is 14.6. The molecule has 0 atom stereocenters. The van der Waals surface area contributed by atoms with Crippen molar-refractivity contribution in [3.63, 3.8) is 0 Å². The largest absolute Gasteiger partial charge is 0.257 e. The first-order chi connectivity index (χ1) is 5.93. The van der Waals surface area contributed by atoms with Gasteiger partial charge in [0.05, 0.1) is 5.69 Å². The standard InChI is InChI=1S/C11H13N/c1-2-3-4-5-8-11-9-6-7-10-12-11/h3-10H,2H2,1H3/b4-3-,8-5-. The highest BCUT2D eigenvalue weighted by Crippen LogP contribution is 1.96. The molecule has 0 aromatic carbocycles. The average molecular weight is 159 g/mol. The maximum Gasteiger partial charge on any atom is 0.0629 e. The van der Waals surface area contributed by atoms with Crippen molar-refractivity contribution in [1.29, 1.82) is 0 Å². The van der Waals surface area contributed by atoms with Crippen LogP contribution in [0.2, 0.25) is 0 Å². The first kappa shape index (κ1) is 8.72. The number of hydrogen-bond acceptors (Lipinski definition) is 1. The third-order valence-electron chi connectivity index (χ3n) is 1.44. The second-order valence-corrected chi connectivity index (χ2v) is 2.45. The number of aromatic nitrogens is 1. The molecule has 0 amide bonds. The molecule has 0 aliphatic heterocycles. The molecule has 0 spiro atoms. The smallest absolute Gasteiger partial charge is 0.0629 e. The lowest BCUT2D eigenvalue weighted by Gasteiger charge is -1.87. The van der Waals surface area contributed by atoms with E-state index in [1.54, 1.807) is 6.20 Å². The van der Waals surface area contributed by atoms with Crippen LogP contribution in [-0.2, 0) is 0 Å². The Hall–Kier alpha value is -1.37. The molecule has 1 aromatic heterocycles. The van der Waals surface area contributed by atoms with E-state index in [2.05, 4.69) is 18.0 Å². The van der Waals surface area contributed by atoms with Crippen LogP contribution in [0.25, 0.3) is 6.08 Å². The molecule has 0 N–H and O–H groups in total. The molecular weight excluding hydrogens is 146 g/mol. The van der Waals surface area contributed by atoms with Crippen LogP contribution >= 0.6 is 0 Å². The lowest BCUT2D eigenvalue weighted by atomic mass is 10.3. The van der Waals surface area contributed by atoms with Crippen LogP contribution in [0.5, 0.6) is 0 Å². The van der Waals surface area contributed by atoms with Crippen molar-refractivity contribution in [3.8, 4) is 0 Å². The van der Waals surface area contributed by atoms with E-state index in [1.807, 2.05) is 36.4 Å². The van der Waals surface area contributed by atoms with Gasteiger partial charge in [0, 0.05) is 6.20 Å². The van der Waals surface area contributed by atoms with Gasteiger partial charge < -0.3 is 0 Å². The number of nitrogens with zero attached hydrogens (tertiary/aromatic N) is 1. The molecule has 0 unspecified atom stereocenters. The molecule has 62 valence electrons. The Labute approximate surface area is 73.5 Å². The Balaban J connectivity index is 2.52. The molecular formula is C11H13N. The molecule has 1 aromatic rings. The van der Waals surface area contributed by atoms with Gasteiger partial charge in [0.1, 0.15) is 0 Å². The Kier molecular flexibility index (Phi) is 3.86. The second kappa shape index (κ2) is 5.30. The van der Waals surface area contributed by atoms with Gasteiger partial charge in [-0.25, -0.2) is 0 Å². The Morgan fingerprint density at radius 3 is 2.92 bits per heavy atom. The molecule has 0 radical (unpaired) electrons. The van der Waals surface area contributed by atoms with Gasteiger partial charge in [-0.05, 0) is 24.6 Å². The number of rotatable bonds is 3. The van der Waals surface area contributed by atoms with E-state index >= 15 is 0 Å². The fourth-order valence-corrected chi connectivity index (χ4v) is 0.843. The molecule has 0 fully saturated rings. The predicted molar refractivity (Wildman–Crippen MR) is 52.7 cm³/mol. The summed E-state index contributed by atoms with van der Waals surface area (Å²) in [6.07, 6.45) is 11.0. The summed E-state index contributed by atoms with van der Waals surface area (Å²) in [7, 11) is 0. The molecule has 1 heteroatoms. The van der Waals surface area contributed by atoms with Crippen LogP contribution in [0.15, 0.2) is 42.6 Å². The van der Waals surface area contributed by atoms with Crippen LogP contribution < -0.4 is 0 Å². The van der Waals surface area contributed by atoms with Crippen molar-refractivity contribution in [2.75, 3.05) is 0 Å². The fourth-order valence-electron chi connectivity index (χ4n) is 0.843. The van der Waals surface area contributed by atoms with Crippen molar-refractivity contribution in [2.45, 2.75) is 13.3 Å². The van der Waals surface area contributed by atoms with Crippen LogP contribution in [0.3, 0.4) is 0 Å². The lowest BCUT2D eigenvalue weighted by Crippen LogP contribution is -1.74. The zero-order valence-electron chi connectivity index (χ0n) is 7.27.